The van der Waals surface area contributed by atoms with Crippen molar-refractivity contribution in [1.29, 1.82) is 0 Å². The highest BCUT2D eigenvalue weighted by atomic mass is 19.2. The van der Waals surface area contributed by atoms with E-state index < -0.39 is 17.6 Å². The van der Waals surface area contributed by atoms with Gasteiger partial charge in [0, 0.05) is 20.1 Å². The zero-order valence-corrected chi connectivity index (χ0v) is 12.6. The van der Waals surface area contributed by atoms with Crippen LogP contribution in [0, 0.1) is 11.6 Å². The summed E-state index contributed by atoms with van der Waals surface area (Å²) in [6.07, 6.45) is 0.00810. The first-order valence-corrected chi connectivity index (χ1v) is 6.76. The standard InChI is InChI=1S/C15H19F2NO4/c1-21-9-8-18(10-14(20)22-2)13(19)7-6-11-4-3-5-12(16)15(11)17/h3-5H,6-10H2,1-2H3. The zero-order valence-electron chi connectivity index (χ0n) is 12.6. The van der Waals surface area contributed by atoms with E-state index in [4.69, 9.17) is 4.74 Å². The van der Waals surface area contributed by atoms with Crippen LogP contribution in [0.2, 0.25) is 0 Å². The molecule has 0 spiro atoms. The topological polar surface area (TPSA) is 55.8 Å². The summed E-state index contributed by atoms with van der Waals surface area (Å²) in [4.78, 5) is 24.7. The van der Waals surface area contributed by atoms with Gasteiger partial charge in [0.25, 0.3) is 0 Å². The first-order chi connectivity index (χ1) is 10.5. The Labute approximate surface area is 127 Å². The van der Waals surface area contributed by atoms with E-state index in [0.29, 0.717) is 0 Å². The average Bonchev–Trinajstić information content (AvgIpc) is 2.52. The third-order valence-electron chi connectivity index (χ3n) is 3.11. The third kappa shape index (κ3) is 5.40. The molecule has 0 aromatic heterocycles. The summed E-state index contributed by atoms with van der Waals surface area (Å²) in [5.74, 6) is -2.81. The Bertz CT molecular complexity index is 522. The van der Waals surface area contributed by atoms with Crippen LogP contribution in [-0.2, 0) is 25.5 Å². The van der Waals surface area contributed by atoms with Crippen LogP contribution in [0.25, 0.3) is 0 Å². The van der Waals surface area contributed by atoms with Gasteiger partial charge >= 0.3 is 5.97 Å². The van der Waals surface area contributed by atoms with E-state index in [1.807, 2.05) is 0 Å². The molecule has 0 aliphatic rings. The lowest BCUT2D eigenvalue weighted by atomic mass is 10.1. The van der Waals surface area contributed by atoms with E-state index in [1.54, 1.807) is 0 Å². The van der Waals surface area contributed by atoms with Crippen LogP contribution in [0.15, 0.2) is 18.2 Å². The molecule has 0 saturated heterocycles. The zero-order chi connectivity index (χ0) is 16.5. The highest BCUT2D eigenvalue weighted by Gasteiger charge is 2.18. The van der Waals surface area contributed by atoms with Gasteiger partial charge in [-0.15, -0.1) is 0 Å². The van der Waals surface area contributed by atoms with E-state index >= 15 is 0 Å². The summed E-state index contributed by atoms with van der Waals surface area (Å²) in [5.41, 5.74) is 0.123. The molecule has 0 saturated carbocycles. The number of esters is 1. The number of ether oxygens (including phenoxy) is 2. The molecule has 7 heteroatoms. The van der Waals surface area contributed by atoms with Gasteiger partial charge in [0.1, 0.15) is 6.54 Å². The van der Waals surface area contributed by atoms with Crippen LogP contribution >= 0.6 is 0 Å². The molecule has 1 amide bonds. The van der Waals surface area contributed by atoms with E-state index in [0.717, 1.165) is 6.07 Å². The molecule has 122 valence electrons. The fourth-order valence-electron chi connectivity index (χ4n) is 1.86. The van der Waals surface area contributed by atoms with Crippen LogP contribution in [0.3, 0.4) is 0 Å². The fraction of sp³-hybridized carbons (Fsp3) is 0.467. The molecule has 1 aromatic carbocycles. The van der Waals surface area contributed by atoms with Gasteiger partial charge in [-0.05, 0) is 18.1 Å². The van der Waals surface area contributed by atoms with Crippen molar-refractivity contribution >= 4 is 11.9 Å². The van der Waals surface area contributed by atoms with Crippen molar-refractivity contribution in [2.45, 2.75) is 12.8 Å². The first kappa shape index (κ1) is 18.0. The third-order valence-corrected chi connectivity index (χ3v) is 3.11. The molecule has 1 rings (SSSR count). The van der Waals surface area contributed by atoms with E-state index in [1.165, 1.54) is 31.3 Å². The number of benzene rings is 1. The van der Waals surface area contributed by atoms with E-state index in [2.05, 4.69) is 4.74 Å². The normalized spacial score (nSPS) is 10.4. The minimum atomic E-state index is -0.952. The molecule has 0 N–H and O–H groups in total. The summed E-state index contributed by atoms with van der Waals surface area (Å²) < 4.78 is 36.0. The van der Waals surface area contributed by atoms with Crippen LogP contribution < -0.4 is 0 Å². The van der Waals surface area contributed by atoms with Crippen LogP contribution in [0.1, 0.15) is 12.0 Å². The van der Waals surface area contributed by atoms with Crippen molar-refractivity contribution in [1.82, 2.24) is 4.90 Å². The number of hydrogen-bond donors (Lipinski definition) is 0. The lowest BCUT2D eigenvalue weighted by molar-refractivity contribution is -0.147. The largest absolute Gasteiger partial charge is 0.468 e. The second-order valence-corrected chi connectivity index (χ2v) is 4.60. The minimum absolute atomic E-state index is 0.0406. The number of hydrogen-bond acceptors (Lipinski definition) is 4. The summed E-state index contributed by atoms with van der Waals surface area (Å²) in [6.45, 7) is 0.275. The van der Waals surface area contributed by atoms with Gasteiger partial charge in [0.05, 0.1) is 13.7 Å². The Morgan fingerprint density at radius 1 is 1.23 bits per heavy atom. The molecule has 0 bridgehead atoms. The monoisotopic (exact) mass is 315 g/mol. The Kier molecular flexibility index (Phi) is 7.45. The van der Waals surface area contributed by atoms with Crippen molar-refractivity contribution in [2.75, 3.05) is 33.9 Å². The molecule has 0 unspecified atom stereocenters. The molecule has 22 heavy (non-hydrogen) atoms. The van der Waals surface area contributed by atoms with Gasteiger partial charge in [-0.1, -0.05) is 12.1 Å². The predicted octanol–water partition coefficient (Wildman–Crippen LogP) is 1.55. The average molecular weight is 315 g/mol. The summed E-state index contributed by atoms with van der Waals surface area (Å²) in [6, 6.07) is 3.82. The van der Waals surface area contributed by atoms with Crippen molar-refractivity contribution < 1.29 is 27.8 Å². The Balaban J connectivity index is 2.65. The van der Waals surface area contributed by atoms with Crippen molar-refractivity contribution in [2.24, 2.45) is 0 Å². The highest BCUT2D eigenvalue weighted by molar-refractivity contribution is 5.82. The van der Waals surface area contributed by atoms with Crippen molar-refractivity contribution in [3.8, 4) is 0 Å². The molecule has 0 radical (unpaired) electrons. The number of rotatable bonds is 8. The molecule has 0 fully saturated rings. The lowest BCUT2D eigenvalue weighted by Crippen LogP contribution is -2.38. The predicted molar refractivity (Wildman–Crippen MR) is 75.2 cm³/mol. The molecular formula is C15H19F2NO4. The Hall–Kier alpha value is -2.02. The number of nitrogens with zero attached hydrogens (tertiary/aromatic N) is 1. The smallest absolute Gasteiger partial charge is 0.325 e. The van der Waals surface area contributed by atoms with Gasteiger partial charge in [-0.25, -0.2) is 8.78 Å². The van der Waals surface area contributed by atoms with Crippen LogP contribution in [-0.4, -0.2) is 50.7 Å². The lowest BCUT2D eigenvalue weighted by Gasteiger charge is -2.21. The maximum absolute atomic E-state index is 13.5. The molecule has 1 aromatic rings. The quantitative estimate of drug-likeness (QED) is 0.683. The number of halogens is 2. The summed E-state index contributed by atoms with van der Waals surface area (Å²) >= 11 is 0. The second kappa shape index (κ2) is 9.09. The maximum atomic E-state index is 13.5. The Morgan fingerprint density at radius 2 is 1.95 bits per heavy atom. The molecule has 0 heterocycles. The van der Waals surface area contributed by atoms with Gasteiger partial charge in [-0.3, -0.25) is 9.59 Å². The van der Waals surface area contributed by atoms with Crippen molar-refractivity contribution in [3.05, 3.63) is 35.4 Å². The summed E-state index contributed by atoms with van der Waals surface area (Å²) in [5, 5.41) is 0. The molecular weight excluding hydrogens is 296 g/mol. The first-order valence-electron chi connectivity index (χ1n) is 6.76. The summed E-state index contributed by atoms with van der Waals surface area (Å²) in [7, 11) is 2.70. The second-order valence-electron chi connectivity index (χ2n) is 4.60. The maximum Gasteiger partial charge on any atom is 0.325 e. The van der Waals surface area contributed by atoms with E-state index in [-0.39, 0.29) is 44.0 Å². The van der Waals surface area contributed by atoms with Gasteiger partial charge in [0.15, 0.2) is 11.6 Å². The highest BCUT2D eigenvalue weighted by Crippen LogP contribution is 2.13. The van der Waals surface area contributed by atoms with Crippen LogP contribution in [0.4, 0.5) is 8.78 Å². The van der Waals surface area contributed by atoms with Gasteiger partial charge in [0.2, 0.25) is 5.91 Å². The Morgan fingerprint density at radius 3 is 2.59 bits per heavy atom. The van der Waals surface area contributed by atoms with E-state index in [9.17, 15) is 18.4 Å². The molecule has 0 aliphatic heterocycles. The number of methoxy groups -OCH3 is 2. The van der Waals surface area contributed by atoms with Crippen LogP contribution in [0.5, 0.6) is 0 Å². The number of aryl methyl sites for hydroxylation is 1. The number of carbonyl (C=O) groups is 2. The SMILES string of the molecule is COCCN(CC(=O)OC)C(=O)CCc1cccc(F)c1F. The molecule has 0 atom stereocenters. The van der Waals surface area contributed by atoms with Gasteiger partial charge < -0.3 is 14.4 Å². The fourth-order valence-corrected chi connectivity index (χ4v) is 1.86. The van der Waals surface area contributed by atoms with Crippen molar-refractivity contribution in [3.63, 3.8) is 0 Å². The van der Waals surface area contributed by atoms with Gasteiger partial charge in [-0.2, -0.15) is 0 Å². The number of carbonyl (C=O) groups excluding carboxylic acids is 2. The number of amides is 1. The molecule has 5 nitrogen and oxygen atoms in total. The molecule has 0 aliphatic carbocycles. The minimum Gasteiger partial charge on any atom is -0.468 e.